The number of hydrogen-bond donors (Lipinski definition) is 1. The maximum absolute atomic E-state index is 12.8. The highest BCUT2D eigenvalue weighted by atomic mass is 32.1. The molecule has 2 rings (SSSR count). The molecule has 2 aromatic rings. The number of benzene rings is 1. The number of halogens is 3. The molecule has 0 aliphatic heterocycles. The Morgan fingerprint density at radius 2 is 1.91 bits per heavy atom. The van der Waals surface area contributed by atoms with Crippen LogP contribution in [0.1, 0.15) is 48.5 Å². The molecule has 0 aliphatic carbocycles. The third kappa shape index (κ3) is 4.54. The molecule has 126 valence electrons. The van der Waals surface area contributed by atoms with Gasteiger partial charge in [0.05, 0.1) is 16.3 Å². The topological polar surface area (TPSA) is 38.9 Å². The number of nitrogens with zero attached hydrogens (tertiary/aromatic N) is 1. The van der Waals surface area contributed by atoms with E-state index >= 15 is 0 Å². The van der Waals surface area contributed by atoms with Gasteiger partial charge in [-0.25, -0.2) is 4.98 Å². The third-order valence-electron chi connectivity index (χ3n) is 3.66. The van der Waals surface area contributed by atoms with Crippen LogP contribution in [0, 0.1) is 0 Å². The molecule has 0 aliphatic rings. The fourth-order valence-corrected chi connectivity index (χ4v) is 3.41. The van der Waals surface area contributed by atoms with Gasteiger partial charge in [-0.3, -0.25) is 0 Å². The van der Waals surface area contributed by atoms with Gasteiger partial charge in [0, 0.05) is 23.3 Å². The minimum atomic E-state index is -4.32. The summed E-state index contributed by atoms with van der Waals surface area (Å²) < 4.78 is 38.4. The first-order chi connectivity index (χ1) is 10.6. The number of alkyl halides is 3. The van der Waals surface area contributed by atoms with Gasteiger partial charge in [-0.1, -0.05) is 39.0 Å². The minimum absolute atomic E-state index is 0.0515. The first kappa shape index (κ1) is 17.9. The van der Waals surface area contributed by atoms with Gasteiger partial charge in [0.25, 0.3) is 0 Å². The maximum Gasteiger partial charge on any atom is 0.416 e. The molecule has 6 heteroatoms. The van der Waals surface area contributed by atoms with E-state index in [2.05, 4.69) is 25.8 Å². The summed E-state index contributed by atoms with van der Waals surface area (Å²) in [6, 6.07) is 5.42. The summed E-state index contributed by atoms with van der Waals surface area (Å²) in [4.78, 5) is 4.64. The van der Waals surface area contributed by atoms with Crippen LogP contribution in [0.4, 0.5) is 13.2 Å². The summed E-state index contributed by atoms with van der Waals surface area (Å²) in [5, 5.41) is 2.89. The van der Waals surface area contributed by atoms with E-state index in [9.17, 15) is 13.2 Å². The molecule has 0 saturated carbocycles. The van der Waals surface area contributed by atoms with Crippen LogP contribution in [0.3, 0.4) is 0 Å². The second kappa shape index (κ2) is 6.61. The zero-order chi connectivity index (χ0) is 17.3. The largest absolute Gasteiger partial charge is 0.416 e. The Morgan fingerprint density at radius 1 is 1.22 bits per heavy atom. The lowest BCUT2D eigenvalue weighted by atomic mass is 9.93. The summed E-state index contributed by atoms with van der Waals surface area (Å²) in [6.07, 6.45) is -3.87. The third-order valence-corrected chi connectivity index (χ3v) is 4.67. The van der Waals surface area contributed by atoms with Crippen LogP contribution in [0.2, 0.25) is 0 Å². The van der Waals surface area contributed by atoms with E-state index in [4.69, 9.17) is 5.73 Å². The standard InChI is InChI=1S/C17H21F3N2S/c1-16(2,3)14-10-23-15(22-14)12(9-21)7-11-5-4-6-13(8-11)17(18,19)20/h4-6,8,10,12H,7,9,21H2,1-3H3. The van der Waals surface area contributed by atoms with Crippen molar-refractivity contribution in [2.45, 2.75) is 44.7 Å². The molecule has 23 heavy (non-hydrogen) atoms. The lowest BCUT2D eigenvalue weighted by Gasteiger charge is -2.16. The summed E-state index contributed by atoms with van der Waals surface area (Å²) in [7, 11) is 0. The Morgan fingerprint density at radius 3 is 2.43 bits per heavy atom. The van der Waals surface area contributed by atoms with Gasteiger partial charge >= 0.3 is 6.18 Å². The molecule has 1 unspecified atom stereocenters. The van der Waals surface area contributed by atoms with E-state index in [1.165, 1.54) is 23.5 Å². The summed E-state index contributed by atoms with van der Waals surface area (Å²) >= 11 is 1.52. The highest BCUT2D eigenvalue weighted by Gasteiger charge is 2.30. The number of aromatic nitrogens is 1. The van der Waals surface area contributed by atoms with E-state index in [1.54, 1.807) is 6.07 Å². The maximum atomic E-state index is 12.8. The van der Waals surface area contributed by atoms with Crippen LogP contribution in [0.15, 0.2) is 29.6 Å². The smallest absolute Gasteiger partial charge is 0.330 e. The molecule has 1 aromatic heterocycles. The van der Waals surface area contributed by atoms with Crippen molar-refractivity contribution in [3.63, 3.8) is 0 Å². The van der Waals surface area contributed by atoms with Gasteiger partial charge in [0.2, 0.25) is 0 Å². The normalized spacial score (nSPS) is 14.0. The molecule has 0 spiro atoms. The van der Waals surface area contributed by atoms with E-state index in [0.29, 0.717) is 18.5 Å². The van der Waals surface area contributed by atoms with Crippen molar-refractivity contribution < 1.29 is 13.2 Å². The van der Waals surface area contributed by atoms with Crippen LogP contribution < -0.4 is 5.73 Å². The predicted molar refractivity (Wildman–Crippen MR) is 87.8 cm³/mol. The second-order valence-electron chi connectivity index (χ2n) is 6.66. The molecule has 0 fully saturated rings. The lowest BCUT2D eigenvalue weighted by Crippen LogP contribution is -2.17. The van der Waals surface area contributed by atoms with Gasteiger partial charge < -0.3 is 5.73 Å². The van der Waals surface area contributed by atoms with Crippen LogP contribution in [0.5, 0.6) is 0 Å². The average molecular weight is 342 g/mol. The van der Waals surface area contributed by atoms with Crippen molar-refractivity contribution in [1.82, 2.24) is 4.98 Å². The molecule has 1 aromatic carbocycles. The SMILES string of the molecule is CC(C)(C)c1csc(C(CN)Cc2cccc(C(F)(F)F)c2)n1. The second-order valence-corrected chi connectivity index (χ2v) is 7.55. The molecule has 1 atom stereocenters. The first-order valence-corrected chi connectivity index (χ1v) is 8.31. The highest BCUT2D eigenvalue weighted by Crippen LogP contribution is 2.32. The van der Waals surface area contributed by atoms with Crippen LogP contribution in [-0.4, -0.2) is 11.5 Å². The van der Waals surface area contributed by atoms with Crippen molar-refractivity contribution in [3.8, 4) is 0 Å². The molecule has 1 heterocycles. The summed E-state index contributed by atoms with van der Waals surface area (Å²) in [5.74, 6) is -0.0698. The minimum Gasteiger partial charge on any atom is -0.330 e. The van der Waals surface area contributed by atoms with Gasteiger partial charge in [0.1, 0.15) is 0 Å². The van der Waals surface area contributed by atoms with E-state index in [0.717, 1.165) is 16.8 Å². The lowest BCUT2D eigenvalue weighted by molar-refractivity contribution is -0.137. The molecule has 2 nitrogen and oxygen atoms in total. The summed E-state index contributed by atoms with van der Waals surface area (Å²) in [6.45, 7) is 6.59. The van der Waals surface area contributed by atoms with Gasteiger partial charge in [-0.05, 0) is 18.1 Å². The van der Waals surface area contributed by atoms with E-state index in [1.807, 2.05) is 5.38 Å². The Hall–Kier alpha value is -1.40. The van der Waals surface area contributed by atoms with E-state index in [-0.39, 0.29) is 11.3 Å². The number of hydrogen-bond acceptors (Lipinski definition) is 3. The fourth-order valence-electron chi connectivity index (χ4n) is 2.25. The molecule has 0 bridgehead atoms. The molecular formula is C17H21F3N2S. The highest BCUT2D eigenvalue weighted by molar-refractivity contribution is 7.09. The Kier molecular flexibility index (Phi) is 5.16. The molecule has 0 saturated heterocycles. The van der Waals surface area contributed by atoms with Gasteiger partial charge in [-0.2, -0.15) is 13.2 Å². The van der Waals surface area contributed by atoms with Crippen molar-refractivity contribution in [1.29, 1.82) is 0 Å². The van der Waals surface area contributed by atoms with Crippen LogP contribution in [-0.2, 0) is 18.0 Å². The monoisotopic (exact) mass is 342 g/mol. The Bertz CT molecular complexity index is 656. The fraction of sp³-hybridized carbons (Fsp3) is 0.471. The average Bonchev–Trinajstić information content (AvgIpc) is 2.94. The van der Waals surface area contributed by atoms with Gasteiger partial charge in [0.15, 0.2) is 0 Å². The molecular weight excluding hydrogens is 321 g/mol. The van der Waals surface area contributed by atoms with Crippen LogP contribution >= 0.6 is 11.3 Å². The summed E-state index contributed by atoms with van der Waals surface area (Å²) in [5.41, 5.74) is 6.78. The van der Waals surface area contributed by atoms with Crippen molar-refractivity contribution >= 4 is 11.3 Å². The number of nitrogens with two attached hydrogens (primary N) is 1. The molecule has 0 radical (unpaired) electrons. The van der Waals surface area contributed by atoms with E-state index < -0.39 is 11.7 Å². The predicted octanol–water partition coefficient (Wildman–Crippen LogP) is 4.74. The van der Waals surface area contributed by atoms with Crippen molar-refractivity contribution in [2.75, 3.05) is 6.54 Å². The molecule has 2 N–H and O–H groups in total. The zero-order valence-corrected chi connectivity index (χ0v) is 14.3. The zero-order valence-electron chi connectivity index (χ0n) is 13.4. The molecule has 0 amide bonds. The first-order valence-electron chi connectivity index (χ1n) is 7.43. The number of rotatable bonds is 4. The Balaban J connectivity index is 2.22. The van der Waals surface area contributed by atoms with Crippen molar-refractivity contribution in [3.05, 3.63) is 51.5 Å². The quantitative estimate of drug-likeness (QED) is 0.871. The van der Waals surface area contributed by atoms with Crippen LogP contribution in [0.25, 0.3) is 0 Å². The Labute approximate surface area is 138 Å². The van der Waals surface area contributed by atoms with Gasteiger partial charge in [-0.15, -0.1) is 11.3 Å². The number of thiazole rings is 1. The van der Waals surface area contributed by atoms with Crippen molar-refractivity contribution in [2.24, 2.45) is 5.73 Å².